The second-order valence-corrected chi connectivity index (χ2v) is 5.91. The minimum atomic E-state index is 0.562. The molecule has 1 heterocycles. The maximum Gasteiger partial charge on any atom is 0.187 e. The van der Waals surface area contributed by atoms with Gasteiger partial charge in [-0.25, -0.2) is 0 Å². The maximum absolute atomic E-state index is 5.23. The number of hydrogen-bond donors (Lipinski definition) is 2. The summed E-state index contributed by atoms with van der Waals surface area (Å²) in [4.78, 5) is 0. The van der Waals surface area contributed by atoms with Crippen LogP contribution >= 0.6 is 24.0 Å². The third-order valence-corrected chi connectivity index (χ3v) is 4.30. The van der Waals surface area contributed by atoms with Crippen molar-refractivity contribution in [3.05, 3.63) is 0 Å². The highest BCUT2D eigenvalue weighted by molar-refractivity contribution is 8.00. The van der Waals surface area contributed by atoms with Gasteiger partial charge in [0, 0.05) is 17.5 Å². The summed E-state index contributed by atoms with van der Waals surface area (Å²) >= 11 is 7.17. The predicted molar refractivity (Wildman–Crippen MR) is 75.1 cm³/mol. The van der Waals surface area contributed by atoms with Gasteiger partial charge in [-0.2, -0.15) is 16.9 Å². The molecule has 0 radical (unpaired) electrons. The molecular formula is C11H19N3S2. The first-order chi connectivity index (χ1) is 7.84. The van der Waals surface area contributed by atoms with Gasteiger partial charge in [0.2, 0.25) is 0 Å². The molecule has 1 aliphatic carbocycles. The molecule has 0 aromatic rings. The molecule has 0 aromatic heterocycles. The van der Waals surface area contributed by atoms with E-state index in [-0.39, 0.29) is 0 Å². The van der Waals surface area contributed by atoms with Crippen molar-refractivity contribution in [1.29, 1.82) is 0 Å². The summed E-state index contributed by atoms with van der Waals surface area (Å²) in [7, 11) is 0. The number of nitrogens with one attached hydrogen (secondary N) is 2. The van der Waals surface area contributed by atoms with Crippen LogP contribution in [0.4, 0.5) is 0 Å². The topological polar surface area (TPSA) is 36.4 Å². The Hall–Kier alpha value is -0.290. The van der Waals surface area contributed by atoms with Crippen LogP contribution in [-0.4, -0.2) is 28.4 Å². The lowest BCUT2D eigenvalue weighted by molar-refractivity contribution is 0.412. The summed E-state index contributed by atoms with van der Waals surface area (Å²) in [6, 6.07) is 0.562. The van der Waals surface area contributed by atoms with Crippen LogP contribution in [0, 0.1) is 0 Å². The maximum atomic E-state index is 5.23. The quantitative estimate of drug-likeness (QED) is 0.588. The highest BCUT2D eigenvalue weighted by atomic mass is 32.2. The van der Waals surface area contributed by atoms with E-state index in [9.17, 15) is 0 Å². The molecular weight excluding hydrogens is 238 g/mol. The molecule has 0 unspecified atom stereocenters. The fourth-order valence-electron chi connectivity index (χ4n) is 2.13. The van der Waals surface area contributed by atoms with Gasteiger partial charge in [-0.3, -0.25) is 5.43 Å². The minimum Gasteiger partial charge on any atom is -0.359 e. The van der Waals surface area contributed by atoms with E-state index in [0.717, 1.165) is 12.2 Å². The van der Waals surface area contributed by atoms with Gasteiger partial charge >= 0.3 is 0 Å². The van der Waals surface area contributed by atoms with Crippen molar-refractivity contribution in [2.75, 3.05) is 11.5 Å². The molecule has 2 fully saturated rings. The Labute approximate surface area is 107 Å². The van der Waals surface area contributed by atoms with Crippen molar-refractivity contribution in [3.8, 4) is 0 Å². The molecule has 1 saturated heterocycles. The Morgan fingerprint density at radius 1 is 1.31 bits per heavy atom. The number of nitrogens with zero attached hydrogens (tertiary/aromatic N) is 1. The Kier molecular flexibility index (Phi) is 4.91. The van der Waals surface area contributed by atoms with Crippen molar-refractivity contribution < 1.29 is 0 Å². The molecule has 0 aromatic carbocycles. The molecule has 2 aliphatic rings. The standard InChI is InChI=1S/C11H19N3S2/c15-11(12-9-4-2-1-3-5-9)14-13-10-6-7-16-8-10/h9H,1-8H2,(H2,12,14,15)/b13-10+. The van der Waals surface area contributed by atoms with Crippen molar-refractivity contribution in [2.45, 2.75) is 44.6 Å². The molecule has 2 N–H and O–H groups in total. The molecule has 1 aliphatic heterocycles. The van der Waals surface area contributed by atoms with Gasteiger partial charge in [-0.15, -0.1) is 0 Å². The van der Waals surface area contributed by atoms with Gasteiger partial charge in [-0.05, 0) is 37.2 Å². The Morgan fingerprint density at radius 3 is 2.81 bits per heavy atom. The summed E-state index contributed by atoms with van der Waals surface area (Å²) in [5, 5.41) is 8.37. The SMILES string of the molecule is S=C(N/N=C1\CCSC1)NC1CCCCC1. The molecule has 0 bridgehead atoms. The highest BCUT2D eigenvalue weighted by Crippen LogP contribution is 2.17. The van der Waals surface area contributed by atoms with Crippen molar-refractivity contribution in [1.82, 2.24) is 10.7 Å². The first-order valence-electron chi connectivity index (χ1n) is 6.04. The lowest BCUT2D eigenvalue weighted by Crippen LogP contribution is -2.41. The van der Waals surface area contributed by atoms with Crippen molar-refractivity contribution >= 4 is 34.8 Å². The predicted octanol–water partition coefficient (Wildman–Crippen LogP) is 2.28. The summed E-state index contributed by atoms with van der Waals surface area (Å²) in [6.07, 6.45) is 7.61. The van der Waals surface area contributed by atoms with Crippen LogP contribution in [0.3, 0.4) is 0 Å². The second kappa shape index (κ2) is 6.45. The number of rotatable bonds is 2. The second-order valence-electron chi connectivity index (χ2n) is 4.40. The van der Waals surface area contributed by atoms with Crippen LogP contribution in [0.25, 0.3) is 0 Å². The lowest BCUT2D eigenvalue weighted by atomic mass is 9.96. The largest absolute Gasteiger partial charge is 0.359 e. The van der Waals surface area contributed by atoms with Crippen LogP contribution in [-0.2, 0) is 0 Å². The zero-order valence-electron chi connectivity index (χ0n) is 9.50. The van der Waals surface area contributed by atoms with E-state index in [0.29, 0.717) is 11.2 Å². The number of thiocarbonyl (C=S) groups is 1. The van der Waals surface area contributed by atoms with Crippen LogP contribution in [0.1, 0.15) is 38.5 Å². The van der Waals surface area contributed by atoms with Gasteiger partial charge < -0.3 is 5.32 Å². The number of thioether (sulfide) groups is 1. The minimum absolute atomic E-state index is 0.562. The Balaban J connectivity index is 1.68. The van der Waals surface area contributed by atoms with Gasteiger partial charge in [0.25, 0.3) is 0 Å². The zero-order valence-corrected chi connectivity index (χ0v) is 11.1. The molecule has 3 nitrogen and oxygen atoms in total. The summed E-state index contributed by atoms with van der Waals surface area (Å²) in [6.45, 7) is 0. The van der Waals surface area contributed by atoms with Crippen LogP contribution in [0.5, 0.6) is 0 Å². The van der Waals surface area contributed by atoms with E-state index in [1.165, 1.54) is 43.6 Å². The lowest BCUT2D eigenvalue weighted by Gasteiger charge is -2.23. The molecule has 16 heavy (non-hydrogen) atoms. The van der Waals surface area contributed by atoms with Gasteiger partial charge in [-0.1, -0.05) is 19.3 Å². The van der Waals surface area contributed by atoms with Gasteiger partial charge in [0.05, 0.1) is 0 Å². The Morgan fingerprint density at radius 2 is 2.12 bits per heavy atom. The van der Waals surface area contributed by atoms with Crippen molar-refractivity contribution in [3.63, 3.8) is 0 Å². The third kappa shape index (κ3) is 3.94. The van der Waals surface area contributed by atoms with Crippen LogP contribution in [0.15, 0.2) is 5.10 Å². The summed E-state index contributed by atoms with van der Waals surface area (Å²) in [5.74, 6) is 2.25. The number of hydrazone groups is 1. The van der Waals surface area contributed by atoms with Crippen molar-refractivity contribution in [2.24, 2.45) is 5.10 Å². The average Bonchev–Trinajstić information content (AvgIpc) is 2.81. The molecule has 5 heteroatoms. The normalized spacial score (nSPS) is 24.6. The average molecular weight is 257 g/mol. The molecule has 90 valence electrons. The molecule has 1 saturated carbocycles. The smallest absolute Gasteiger partial charge is 0.187 e. The molecule has 2 rings (SSSR count). The van der Waals surface area contributed by atoms with E-state index >= 15 is 0 Å². The fourth-order valence-corrected chi connectivity index (χ4v) is 3.32. The van der Waals surface area contributed by atoms with E-state index in [1.807, 2.05) is 11.8 Å². The van der Waals surface area contributed by atoms with Crippen LogP contribution in [0.2, 0.25) is 0 Å². The third-order valence-electron chi connectivity index (χ3n) is 3.06. The highest BCUT2D eigenvalue weighted by Gasteiger charge is 2.14. The van der Waals surface area contributed by atoms with Crippen LogP contribution < -0.4 is 10.7 Å². The molecule has 0 spiro atoms. The van der Waals surface area contributed by atoms with E-state index < -0.39 is 0 Å². The zero-order chi connectivity index (χ0) is 11.2. The first-order valence-corrected chi connectivity index (χ1v) is 7.60. The van der Waals surface area contributed by atoms with E-state index in [2.05, 4.69) is 15.8 Å². The Bertz CT molecular complexity index is 264. The van der Waals surface area contributed by atoms with Gasteiger partial charge in [0.15, 0.2) is 5.11 Å². The summed E-state index contributed by atoms with van der Waals surface area (Å²) in [5.41, 5.74) is 4.20. The van der Waals surface area contributed by atoms with Gasteiger partial charge in [0.1, 0.15) is 0 Å². The molecule has 0 amide bonds. The summed E-state index contributed by atoms with van der Waals surface area (Å²) < 4.78 is 0. The van der Waals surface area contributed by atoms with E-state index in [4.69, 9.17) is 12.2 Å². The monoisotopic (exact) mass is 257 g/mol. The number of hydrogen-bond acceptors (Lipinski definition) is 3. The first kappa shape index (κ1) is 12.2. The fraction of sp³-hybridized carbons (Fsp3) is 0.818. The molecule has 0 atom stereocenters. The van der Waals surface area contributed by atoms with E-state index in [1.54, 1.807) is 0 Å².